The topological polar surface area (TPSA) is 38.4 Å². The molecular formula is C10H20N2. The smallest absolute Gasteiger partial charge is 0.0975 e. The Morgan fingerprint density at radius 2 is 1.92 bits per heavy atom. The Bertz CT molecular complexity index is 176. The third kappa shape index (κ3) is 2.23. The molecule has 1 fully saturated rings. The largest absolute Gasteiger partial charge is 0.387 e. The molecule has 1 rings (SSSR count). The summed E-state index contributed by atoms with van der Waals surface area (Å²) >= 11 is 0. The van der Waals surface area contributed by atoms with Crippen LogP contribution in [0.5, 0.6) is 0 Å². The molecule has 0 aromatic carbocycles. The van der Waals surface area contributed by atoms with Crippen molar-refractivity contribution >= 4 is 5.84 Å². The molecule has 0 aliphatic heterocycles. The van der Waals surface area contributed by atoms with Crippen LogP contribution in [-0.2, 0) is 0 Å². The van der Waals surface area contributed by atoms with Crippen LogP contribution >= 0.6 is 0 Å². The summed E-state index contributed by atoms with van der Waals surface area (Å²) in [6.45, 7) is 6.53. The van der Waals surface area contributed by atoms with Crippen molar-refractivity contribution in [2.24, 2.45) is 16.6 Å². The van der Waals surface area contributed by atoms with Gasteiger partial charge >= 0.3 is 0 Å². The normalized spacial score (nSPS) is 19.8. The summed E-state index contributed by atoms with van der Waals surface area (Å²) in [5.41, 5.74) is 5.96. The first-order valence-electron chi connectivity index (χ1n) is 4.96. The lowest BCUT2D eigenvalue weighted by Gasteiger charge is -2.22. The minimum absolute atomic E-state index is 0.0900. The van der Waals surface area contributed by atoms with Gasteiger partial charge in [0.1, 0.15) is 0 Å². The molecule has 0 aromatic heterocycles. The zero-order valence-electron chi connectivity index (χ0n) is 8.43. The van der Waals surface area contributed by atoms with Gasteiger partial charge in [0.2, 0.25) is 0 Å². The highest BCUT2D eigenvalue weighted by atomic mass is 14.9. The summed E-state index contributed by atoms with van der Waals surface area (Å²) in [4.78, 5) is 4.60. The van der Waals surface area contributed by atoms with Crippen LogP contribution in [0.25, 0.3) is 0 Å². The Kier molecular flexibility index (Phi) is 2.76. The summed E-state index contributed by atoms with van der Waals surface area (Å²) < 4.78 is 0. The fourth-order valence-corrected chi connectivity index (χ4v) is 1.19. The van der Waals surface area contributed by atoms with E-state index in [4.69, 9.17) is 5.73 Å². The van der Waals surface area contributed by atoms with Crippen molar-refractivity contribution in [1.82, 2.24) is 0 Å². The molecule has 2 N–H and O–H groups in total. The van der Waals surface area contributed by atoms with Gasteiger partial charge in [-0.25, -0.2) is 0 Å². The number of hydrogen-bond acceptors (Lipinski definition) is 1. The second-order valence-corrected chi connectivity index (χ2v) is 4.01. The lowest BCUT2D eigenvalue weighted by atomic mass is 9.96. The first kappa shape index (κ1) is 9.56. The van der Waals surface area contributed by atoms with Crippen molar-refractivity contribution in [2.45, 2.75) is 52.0 Å². The standard InChI is InChI=1S/C10H20N2/c1-4-10(3,5-2)12-9(11)8-6-7-8/h8H,4-7H2,1-3H3,(H2,11,12). The maximum Gasteiger partial charge on any atom is 0.0975 e. The van der Waals surface area contributed by atoms with Crippen LogP contribution in [0, 0.1) is 5.92 Å². The average Bonchev–Trinajstić information content (AvgIpc) is 2.86. The van der Waals surface area contributed by atoms with Crippen LogP contribution in [0.15, 0.2) is 4.99 Å². The number of nitrogens with zero attached hydrogens (tertiary/aromatic N) is 1. The molecule has 70 valence electrons. The zero-order valence-corrected chi connectivity index (χ0v) is 8.43. The van der Waals surface area contributed by atoms with Crippen LogP contribution in [0.2, 0.25) is 0 Å². The Hall–Kier alpha value is -0.530. The van der Waals surface area contributed by atoms with Crippen molar-refractivity contribution < 1.29 is 0 Å². The van der Waals surface area contributed by atoms with E-state index < -0.39 is 0 Å². The first-order chi connectivity index (χ1) is 5.61. The van der Waals surface area contributed by atoms with E-state index in [1.54, 1.807) is 0 Å². The molecule has 0 aromatic rings. The second-order valence-electron chi connectivity index (χ2n) is 4.01. The fourth-order valence-electron chi connectivity index (χ4n) is 1.19. The molecule has 0 unspecified atom stereocenters. The molecule has 0 heterocycles. The fraction of sp³-hybridized carbons (Fsp3) is 0.900. The Balaban J connectivity index is 2.60. The van der Waals surface area contributed by atoms with Gasteiger partial charge in [0.05, 0.1) is 11.4 Å². The Morgan fingerprint density at radius 3 is 2.25 bits per heavy atom. The van der Waals surface area contributed by atoms with Crippen LogP contribution < -0.4 is 5.73 Å². The highest BCUT2D eigenvalue weighted by molar-refractivity contribution is 5.85. The van der Waals surface area contributed by atoms with Crippen LogP contribution in [0.4, 0.5) is 0 Å². The van der Waals surface area contributed by atoms with Crippen molar-refractivity contribution in [3.63, 3.8) is 0 Å². The van der Waals surface area contributed by atoms with E-state index in [0.717, 1.165) is 18.7 Å². The number of aliphatic imine (C=N–C) groups is 1. The SMILES string of the molecule is CCC(C)(CC)N=C(N)C1CC1. The van der Waals surface area contributed by atoms with Crippen molar-refractivity contribution in [1.29, 1.82) is 0 Å². The predicted octanol–water partition coefficient (Wildman–Crippen LogP) is 2.33. The van der Waals surface area contributed by atoms with Gasteiger partial charge in [-0.3, -0.25) is 4.99 Å². The van der Waals surface area contributed by atoms with Gasteiger partial charge in [0.25, 0.3) is 0 Å². The van der Waals surface area contributed by atoms with Crippen molar-refractivity contribution in [3.8, 4) is 0 Å². The molecule has 1 aliphatic carbocycles. The summed E-state index contributed by atoms with van der Waals surface area (Å²) in [5.74, 6) is 1.50. The van der Waals surface area contributed by atoms with E-state index in [2.05, 4.69) is 25.8 Å². The van der Waals surface area contributed by atoms with Crippen LogP contribution in [0.1, 0.15) is 46.5 Å². The third-order valence-electron chi connectivity index (χ3n) is 2.92. The highest BCUT2D eigenvalue weighted by Gasteiger charge is 2.28. The van der Waals surface area contributed by atoms with E-state index in [0.29, 0.717) is 5.92 Å². The molecule has 0 atom stereocenters. The van der Waals surface area contributed by atoms with Gasteiger partial charge in [0, 0.05) is 5.92 Å². The quantitative estimate of drug-likeness (QED) is 0.508. The van der Waals surface area contributed by atoms with Gasteiger partial charge in [-0.05, 0) is 32.6 Å². The van der Waals surface area contributed by atoms with Crippen LogP contribution in [0.3, 0.4) is 0 Å². The summed E-state index contributed by atoms with van der Waals surface area (Å²) in [5, 5.41) is 0. The minimum atomic E-state index is 0.0900. The van der Waals surface area contributed by atoms with Crippen molar-refractivity contribution in [2.75, 3.05) is 0 Å². The molecule has 2 heteroatoms. The van der Waals surface area contributed by atoms with Gasteiger partial charge < -0.3 is 5.73 Å². The number of amidine groups is 1. The Labute approximate surface area is 75.3 Å². The van der Waals surface area contributed by atoms with E-state index in [9.17, 15) is 0 Å². The molecule has 0 radical (unpaired) electrons. The summed E-state index contributed by atoms with van der Waals surface area (Å²) in [7, 11) is 0. The number of rotatable bonds is 4. The molecule has 1 saturated carbocycles. The van der Waals surface area contributed by atoms with E-state index >= 15 is 0 Å². The second kappa shape index (κ2) is 3.46. The number of nitrogens with two attached hydrogens (primary N) is 1. The Morgan fingerprint density at radius 1 is 1.42 bits per heavy atom. The maximum absolute atomic E-state index is 5.87. The maximum atomic E-state index is 5.87. The van der Waals surface area contributed by atoms with Gasteiger partial charge in [-0.15, -0.1) is 0 Å². The van der Waals surface area contributed by atoms with E-state index in [-0.39, 0.29) is 5.54 Å². The molecule has 0 bridgehead atoms. The van der Waals surface area contributed by atoms with Gasteiger partial charge in [-0.1, -0.05) is 13.8 Å². The highest BCUT2D eigenvalue weighted by Crippen LogP contribution is 2.31. The predicted molar refractivity (Wildman–Crippen MR) is 53.3 cm³/mol. The lowest BCUT2D eigenvalue weighted by molar-refractivity contribution is 0.439. The number of hydrogen-bond donors (Lipinski definition) is 1. The van der Waals surface area contributed by atoms with Gasteiger partial charge in [0.15, 0.2) is 0 Å². The first-order valence-corrected chi connectivity index (χ1v) is 4.96. The minimum Gasteiger partial charge on any atom is -0.387 e. The summed E-state index contributed by atoms with van der Waals surface area (Å²) in [6, 6.07) is 0. The van der Waals surface area contributed by atoms with Crippen LogP contribution in [-0.4, -0.2) is 11.4 Å². The van der Waals surface area contributed by atoms with Crippen molar-refractivity contribution in [3.05, 3.63) is 0 Å². The van der Waals surface area contributed by atoms with E-state index in [1.807, 2.05) is 0 Å². The van der Waals surface area contributed by atoms with Gasteiger partial charge in [-0.2, -0.15) is 0 Å². The molecule has 12 heavy (non-hydrogen) atoms. The molecule has 0 spiro atoms. The molecule has 0 saturated heterocycles. The molecular weight excluding hydrogens is 148 g/mol. The zero-order chi connectivity index (χ0) is 9.19. The lowest BCUT2D eigenvalue weighted by Crippen LogP contribution is -2.26. The monoisotopic (exact) mass is 168 g/mol. The summed E-state index contributed by atoms with van der Waals surface area (Å²) in [6.07, 6.45) is 4.66. The molecule has 2 nitrogen and oxygen atoms in total. The molecule has 0 amide bonds. The van der Waals surface area contributed by atoms with E-state index in [1.165, 1.54) is 12.8 Å². The molecule has 1 aliphatic rings. The third-order valence-corrected chi connectivity index (χ3v) is 2.92. The average molecular weight is 168 g/mol.